The lowest BCUT2D eigenvalue weighted by Gasteiger charge is -2.11. The maximum absolute atomic E-state index is 12.6. The fraction of sp³-hybridized carbons (Fsp3) is 0.235. The molecule has 3 rings (SSSR count). The number of aromatic nitrogens is 1. The van der Waals surface area contributed by atoms with Crippen LogP contribution >= 0.6 is 11.3 Å². The number of carbonyl (C=O) groups excluding carboxylic acids is 1. The molecule has 0 radical (unpaired) electrons. The molecule has 1 amide bonds. The van der Waals surface area contributed by atoms with Crippen molar-refractivity contribution < 1.29 is 4.79 Å². The first kappa shape index (κ1) is 13.9. The molecule has 2 heterocycles. The van der Waals surface area contributed by atoms with Crippen LogP contribution in [0.4, 0.5) is 5.69 Å². The largest absolute Gasteiger partial charge is 0.336 e. The zero-order valence-electron chi connectivity index (χ0n) is 12.2. The smallest absolute Gasteiger partial charge is 0.272 e. The first-order valence-corrected chi connectivity index (χ1v) is 8.08. The standard InChI is InChI=1S/C17H18N2OS/c1-3-12-7-5-6-8-13(12)18-17(20)15-11-16-14(9-10-21-16)19(15)4-2/h5-11H,3-4H2,1-2H3,(H,18,20). The number of rotatable bonds is 4. The number of benzene rings is 1. The number of amides is 1. The number of thiophene rings is 1. The highest BCUT2D eigenvalue weighted by atomic mass is 32.1. The molecule has 1 aromatic carbocycles. The van der Waals surface area contributed by atoms with Crippen molar-refractivity contribution in [2.24, 2.45) is 0 Å². The second-order valence-electron chi connectivity index (χ2n) is 4.91. The van der Waals surface area contributed by atoms with E-state index in [1.807, 2.05) is 30.3 Å². The molecule has 0 saturated carbocycles. The molecule has 0 aliphatic rings. The van der Waals surface area contributed by atoms with E-state index in [1.54, 1.807) is 11.3 Å². The average molecular weight is 298 g/mol. The second-order valence-corrected chi connectivity index (χ2v) is 5.86. The van der Waals surface area contributed by atoms with Crippen LogP contribution in [0, 0.1) is 0 Å². The Morgan fingerprint density at radius 2 is 2.05 bits per heavy atom. The summed E-state index contributed by atoms with van der Waals surface area (Å²) in [6.07, 6.45) is 0.903. The molecule has 2 aromatic heterocycles. The summed E-state index contributed by atoms with van der Waals surface area (Å²) in [6, 6.07) is 12.0. The number of para-hydroxylation sites is 1. The summed E-state index contributed by atoms with van der Waals surface area (Å²) in [6.45, 7) is 4.95. The minimum Gasteiger partial charge on any atom is -0.336 e. The Bertz CT molecular complexity index is 785. The van der Waals surface area contributed by atoms with Gasteiger partial charge in [-0.1, -0.05) is 25.1 Å². The summed E-state index contributed by atoms with van der Waals surface area (Å²) in [7, 11) is 0. The van der Waals surface area contributed by atoms with E-state index < -0.39 is 0 Å². The van der Waals surface area contributed by atoms with Crippen LogP contribution in [0.5, 0.6) is 0 Å². The number of fused-ring (bicyclic) bond motifs is 1. The third-order valence-electron chi connectivity index (χ3n) is 3.72. The van der Waals surface area contributed by atoms with Crippen LogP contribution in [0.15, 0.2) is 41.8 Å². The molecule has 0 unspecified atom stereocenters. The Morgan fingerprint density at radius 3 is 2.81 bits per heavy atom. The molecule has 4 heteroatoms. The number of carbonyl (C=O) groups is 1. The summed E-state index contributed by atoms with van der Waals surface area (Å²) < 4.78 is 3.22. The first-order valence-electron chi connectivity index (χ1n) is 7.20. The van der Waals surface area contributed by atoms with Crippen molar-refractivity contribution in [1.82, 2.24) is 4.57 Å². The van der Waals surface area contributed by atoms with E-state index in [4.69, 9.17) is 0 Å². The summed E-state index contributed by atoms with van der Waals surface area (Å²) >= 11 is 1.67. The van der Waals surface area contributed by atoms with Crippen molar-refractivity contribution in [3.63, 3.8) is 0 Å². The third kappa shape index (κ3) is 2.47. The molecule has 3 aromatic rings. The number of nitrogens with one attached hydrogen (secondary N) is 1. The molecule has 0 bridgehead atoms. The predicted octanol–water partition coefficient (Wildman–Crippen LogP) is 4.54. The van der Waals surface area contributed by atoms with Crippen LogP contribution in [0.25, 0.3) is 10.2 Å². The van der Waals surface area contributed by atoms with E-state index in [0.29, 0.717) is 0 Å². The van der Waals surface area contributed by atoms with Gasteiger partial charge < -0.3 is 9.88 Å². The van der Waals surface area contributed by atoms with Crippen LogP contribution in [-0.4, -0.2) is 10.5 Å². The minimum atomic E-state index is -0.0406. The van der Waals surface area contributed by atoms with Crippen LogP contribution < -0.4 is 5.32 Å². The lowest BCUT2D eigenvalue weighted by atomic mass is 10.1. The Hall–Kier alpha value is -2.07. The maximum Gasteiger partial charge on any atom is 0.272 e. The van der Waals surface area contributed by atoms with Crippen molar-refractivity contribution >= 4 is 33.1 Å². The van der Waals surface area contributed by atoms with Crippen LogP contribution in [0.3, 0.4) is 0 Å². The second kappa shape index (κ2) is 5.74. The molecular weight excluding hydrogens is 280 g/mol. The number of hydrogen-bond donors (Lipinski definition) is 1. The fourth-order valence-electron chi connectivity index (χ4n) is 2.64. The van der Waals surface area contributed by atoms with Gasteiger partial charge in [-0.05, 0) is 42.5 Å². The van der Waals surface area contributed by atoms with E-state index in [9.17, 15) is 4.79 Å². The monoisotopic (exact) mass is 298 g/mol. The SMILES string of the molecule is CCc1ccccc1NC(=O)c1cc2sccc2n1CC. The van der Waals surface area contributed by atoms with Gasteiger partial charge >= 0.3 is 0 Å². The topological polar surface area (TPSA) is 34.0 Å². The number of nitrogens with zero attached hydrogens (tertiary/aromatic N) is 1. The van der Waals surface area contributed by atoms with Gasteiger partial charge in [-0.25, -0.2) is 0 Å². The van der Waals surface area contributed by atoms with Gasteiger partial charge in [0.1, 0.15) is 5.69 Å². The molecule has 0 atom stereocenters. The average Bonchev–Trinajstić information content (AvgIpc) is 3.07. The predicted molar refractivity (Wildman–Crippen MR) is 89.3 cm³/mol. The van der Waals surface area contributed by atoms with Crippen LogP contribution in [0.2, 0.25) is 0 Å². The van der Waals surface area contributed by atoms with Crippen molar-refractivity contribution in [2.75, 3.05) is 5.32 Å². The molecule has 21 heavy (non-hydrogen) atoms. The Balaban J connectivity index is 1.95. The van der Waals surface area contributed by atoms with Gasteiger partial charge in [0.05, 0.1) is 10.2 Å². The normalized spacial score (nSPS) is 11.0. The molecule has 108 valence electrons. The highest BCUT2D eigenvalue weighted by Crippen LogP contribution is 2.26. The van der Waals surface area contributed by atoms with Crippen molar-refractivity contribution in [3.05, 3.63) is 53.0 Å². The van der Waals surface area contributed by atoms with Crippen molar-refractivity contribution in [3.8, 4) is 0 Å². The molecular formula is C17H18N2OS. The molecule has 1 N–H and O–H groups in total. The van der Waals surface area contributed by atoms with Gasteiger partial charge in [-0.2, -0.15) is 0 Å². The highest BCUT2D eigenvalue weighted by molar-refractivity contribution is 7.17. The Labute approximate surface area is 128 Å². The maximum atomic E-state index is 12.6. The quantitative estimate of drug-likeness (QED) is 0.754. The van der Waals surface area contributed by atoms with Crippen molar-refractivity contribution in [1.29, 1.82) is 0 Å². The number of anilines is 1. The zero-order chi connectivity index (χ0) is 14.8. The molecule has 3 nitrogen and oxygen atoms in total. The van der Waals surface area contributed by atoms with E-state index in [2.05, 4.69) is 35.2 Å². The first-order chi connectivity index (χ1) is 10.2. The molecule has 0 aliphatic carbocycles. The Kier molecular flexibility index (Phi) is 3.80. The summed E-state index contributed by atoms with van der Waals surface area (Å²) in [5, 5.41) is 5.11. The van der Waals surface area contributed by atoms with Gasteiger partial charge in [0.2, 0.25) is 0 Å². The fourth-order valence-corrected chi connectivity index (χ4v) is 3.47. The van der Waals surface area contributed by atoms with Crippen LogP contribution in [-0.2, 0) is 13.0 Å². The van der Waals surface area contributed by atoms with Gasteiger partial charge in [0, 0.05) is 12.2 Å². The summed E-state index contributed by atoms with van der Waals surface area (Å²) in [4.78, 5) is 12.6. The van der Waals surface area contributed by atoms with E-state index in [-0.39, 0.29) is 5.91 Å². The van der Waals surface area contributed by atoms with Gasteiger partial charge in [0.25, 0.3) is 5.91 Å². The lowest BCUT2D eigenvalue weighted by Crippen LogP contribution is -2.17. The lowest BCUT2D eigenvalue weighted by molar-refractivity contribution is 0.101. The Morgan fingerprint density at radius 1 is 1.24 bits per heavy atom. The molecule has 0 fully saturated rings. The van der Waals surface area contributed by atoms with Crippen LogP contribution in [0.1, 0.15) is 29.9 Å². The zero-order valence-corrected chi connectivity index (χ0v) is 13.0. The number of aryl methyl sites for hydroxylation is 2. The number of hydrogen-bond acceptors (Lipinski definition) is 2. The van der Waals surface area contributed by atoms with Gasteiger partial charge in [-0.15, -0.1) is 11.3 Å². The highest BCUT2D eigenvalue weighted by Gasteiger charge is 2.16. The molecule has 0 saturated heterocycles. The van der Waals surface area contributed by atoms with E-state index in [0.717, 1.165) is 40.1 Å². The third-order valence-corrected chi connectivity index (χ3v) is 4.57. The van der Waals surface area contributed by atoms with Crippen molar-refractivity contribution in [2.45, 2.75) is 26.8 Å². The van der Waals surface area contributed by atoms with E-state index >= 15 is 0 Å². The summed E-state index contributed by atoms with van der Waals surface area (Å²) in [5.41, 5.74) is 3.92. The summed E-state index contributed by atoms with van der Waals surface area (Å²) in [5.74, 6) is -0.0406. The molecule has 0 spiro atoms. The van der Waals surface area contributed by atoms with E-state index in [1.165, 1.54) is 0 Å². The van der Waals surface area contributed by atoms with Gasteiger partial charge in [-0.3, -0.25) is 4.79 Å². The van der Waals surface area contributed by atoms with Gasteiger partial charge in [0.15, 0.2) is 0 Å². The molecule has 0 aliphatic heterocycles. The minimum absolute atomic E-state index is 0.0406.